The highest BCUT2D eigenvalue weighted by Gasteiger charge is 2.57. The van der Waals surface area contributed by atoms with Crippen molar-refractivity contribution in [3.63, 3.8) is 0 Å². The first-order chi connectivity index (χ1) is 19.3. The van der Waals surface area contributed by atoms with Crippen LogP contribution in [0.15, 0.2) is 103 Å². The number of hydrogen-bond donors (Lipinski definition) is 1. The molecule has 7 heteroatoms. The van der Waals surface area contributed by atoms with E-state index < -0.39 is 41.6 Å². The Morgan fingerprint density at radius 2 is 1.45 bits per heavy atom. The third kappa shape index (κ3) is 4.87. The van der Waals surface area contributed by atoms with Crippen LogP contribution < -0.4 is 0 Å². The lowest BCUT2D eigenvalue weighted by Gasteiger charge is -2.30. The van der Waals surface area contributed by atoms with Crippen molar-refractivity contribution in [2.75, 3.05) is 0 Å². The number of Topliss-reactive ketones (excluding diaryl/α,β-unsaturated/α-hetero) is 1. The zero-order valence-corrected chi connectivity index (χ0v) is 21.6. The van der Waals surface area contributed by atoms with Gasteiger partial charge in [0.15, 0.2) is 5.78 Å². The number of aryl methyl sites for hydroxylation is 1. The Morgan fingerprint density at radius 3 is 2.05 bits per heavy atom. The average Bonchev–Trinajstić information content (AvgIpc) is 3.33. The molecular weight excluding hydrogens is 507 g/mol. The summed E-state index contributed by atoms with van der Waals surface area (Å²) in [6.45, 7) is 1.85. The average molecular weight is 533 g/mol. The van der Waals surface area contributed by atoms with E-state index in [1.54, 1.807) is 72.8 Å². The molecule has 6 nitrogen and oxygen atoms in total. The molecule has 1 aliphatic heterocycles. The van der Waals surface area contributed by atoms with Gasteiger partial charge >= 0.3 is 5.97 Å². The molecule has 1 N–H and O–H groups in total. The van der Waals surface area contributed by atoms with Crippen molar-refractivity contribution in [3.8, 4) is 6.07 Å². The van der Waals surface area contributed by atoms with E-state index in [1.807, 2.05) is 13.0 Å². The number of hydrogen-bond acceptors (Lipinski definition) is 4. The molecule has 0 spiro atoms. The maximum Gasteiger partial charge on any atom is 0.327 e. The van der Waals surface area contributed by atoms with Crippen molar-refractivity contribution in [1.29, 1.82) is 5.26 Å². The van der Waals surface area contributed by atoms with Crippen molar-refractivity contribution >= 4 is 17.7 Å². The number of carboxylic acids is 1. The van der Waals surface area contributed by atoms with Crippen LogP contribution in [-0.4, -0.2) is 33.7 Å². The van der Waals surface area contributed by atoms with Gasteiger partial charge in [0, 0.05) is 17.0 Å². The van der Waals surface area contributed by atoms with E-state index in [0.29, 0.717) is 22.3 Å². The van der Waals surface area contributed by atoms with Crippen molar-refractivity contribution in [2.45, 2.75) is 24.9 Å². The van der Waals surface area contributed by atoms with Gasteiger partial charge in [-0.3, -0.25) is 9.59 Å². The zero-order valence-electron chi connectivity index (χ0n) is 21.6. The van der Waals surface area contributed by atoms with Gasteiger partial charge in [0.05, 0.1) is 23.6 Å². The number of carboxylic acid groups (broad SMARTS) is 1. The molecule has 0 radical (unpaired) electrons. The van der Waals surface area contributed by atoms with Gasteiger partial charge < -0.3 is 10.0 Å². The van der Waals surface area contributed by atoms with Crippen LogP contribution in [0.1, 0.15) is 54.9 Å². The van der Waals surface area contributed by atoms with E-state index in [4.69, 9.17) is 0 Å². The van der Waals surface area contributed by atoms with E-state index in [1.165, 1.54) is 29.2 Å². The molecular formula is C33H25FN2O4. The Labute approximate surface area is 230 Å². The lowest BCUT2D eigenvalue weighted by atomic mass is 9.76. The third-order valence-corrected chi connectivity index (χ3v) is 7.42. The van der Waals surface area contributed by atoms with Gasteiger partial charge in [-0.1, -0.05) is 66.2 Å². The number of carbonyl (C=O) groups is 3. The summed E-state index contributed by atoms with van der Waals surface area (Å²) in [5.41, 5.74) is 2.84. The van der Waals surface area contributed by atoms with Crippen LogP contribution in [0.2, 0.25) is 0 Å². The summed E-state index contributed by atoms with van der Waals surface area (Å²) >= 11 is 0. The summed E-state index contributed by atoms with van der Waals surface area (Å²) in [5, 5.41) is 20.0. The maximum atomic E-state index is 14.4. The number of rotatable bonds is 6. The first-order valence-electron chi connectivity index (χ1n) is 12.8. The van der Waals surface area contributed by atoms with Crippen molar-refractivity contribution in [1.82, 2.24) is 4.90 Å². The minimum atomic E-state index is -1.43. The summed E-state index contributed by atoms with van der Waals surface area (Å²) in [6, 6.07) is 26.8. The number of amides is 1. The third-order valence-electron chi connectivity index (χ3n) is 7.42. The van der Waals surface area contributed by atoms with E-state index >= 15 is 0 Å². The largest absolute Gasteiger partial charge is 0.480 e. The molecule has 40 heavy (non-hydrogen) atoms. The quantitative estimate of drug-likeness (QED) is 0.310. The van der Waals surface area contributed by atoms with Crippen LogP contribution in [-0.2, 0) is 4.79 Å². The summed E-state index contributed by atoms with van der Waals surface area (Å²) in [6.07, 6.45) is 0. The fourth-order valence-corrected chi connectivity index (χ4v) is 5.66. The lowest BCUT2D eigenvalue weighted by Crippen LogP contribution is -2.43. The standard InChI is InChI=1S/C33H25FN2O4/c1-20-6-5-9-25(18-20)31(37)28-27(22-14-16-26(34)17-15-22)30(33(39)40)36(32(38)24-7-3-2-4-8-24)29(28)23-12-10-21(19-35)11-13-23/h2-18,27-30H,1H3,(H,39,40). The van der Waals surface area contributed by atoms with E-state index in [9.17, 15) is 29.1 Å². The Balaban J connectivity index is 1.78. The number of benzene rings is 4. The first kappa shape index (κ1) is 26.5. The summed E-state index contributed by atoms with van der Waals surface area (Å²) in [5.74, 6) is -4.67. The summed E-state index contributed by atoms with van der Waals surface area (Å²) in [4.78, 5) is 42.8. The summed E-state index contributed by atoms with van der Waals surface area (Å²) in [7, 11) is 0. The minimum Gasteiger partial charge on any atom is -0.480 e. The van der Waals surface area contributed by atoms with Crippen molar-refractivity contribution < 1.29 is 23.9 Å². The second-order valence-electron chi connectivity index (χ2n) is 9.88. The molecule has 0 bridgehead atoms. The number of halogens is 1. The molecule has 1 fully saturated rings. The Bertz CT molecular complexity index is 1610. The van der Waals surface area contributed by atoms with Gasteiger partial charge in [-0.25, -0.2) is 9.18 Å². The van der Waals surface area contributed by atoms with Gasteiger partial charge in [-0.15, -0.1) is 0 Å². The highest BCUT2D eigenvalue weighted by atomic mass is 19.1. The number of likely N-dealkylation sites (tertiary alicyclic amines) is 1. The molecule has 0 aliphatic carbocycles. The highest BCUT2D eigenvalue weighted by Crippen LogP contribution is 2.51. The van der Waals surface area contributed by atoms with Gasteiger partial charge in [-0.05, 0) is 60.5 Å². The molecule has 0 saturated carbocycles. The monoisotopic (exact) mass is 532 g/mol. The molecule has 0 aromatic heterocycles. The highest BCUT2D eigenvalue weighted by molar-refractivity contribution is 6.03. The van der Waals surface area contributed by atoms with Crippen molar-refractivity contribution in [3.05, 3.63) is 142 Å². The molecule has 4 atom stereocenters. The molecule has 4 unspecified atom stereocenters. The SMILES string of the molecule is Cc1cccc(C(=O)C2C(c3ccc(F)cc3)C(C(=O)O)N(C(=O)c3ccccc3)C2c2ccc(C#N)cc2)c1. The van der Waals surface area contributed by atoms with Gasteiger partial charge in [-0.2, -0.15) is 5.26 Å². The maximum absolute atomic E-state index is 14.4. The number of nitrogens with zero attached hydrogens (tertiary/aromatic N) is 2. The number of carbonyl (C=O) groups excluding carboxylic acids is 2. The first-order valence-corrected chi connectivity index (χ1v) is 12.8. The van der Waals surface area contributed by atoms with Crippen LogP contribution in [0.4, 0.5) is 4.39 Å². The lowest BCUT2D eigenvalue weighted by molar-refractivity contribution is -0.142. The Hall–Kier alpha value is -5.09. The molecule has 1 aliphatic rings. The Kier molecular flexibility index (Phi) is 7.26. The van der Waals surface area contributed by atoms with Crippen molar-refractivity contribution in [2.24, 2.45) is 5.92 Å². The Morgan fingerprint density at radius 1 is 0.825 bits per heavy atom. The number of nitriles is 1. The molecule has 1 saturated heterocycles. The number of aliphatic carboxylic acids is 1. The van der Waals surface area contributed by atoms with Gasteiger partial charge in [0.25, 0.3) is 5.91 Å². The van der Waals surface area contributed by atoms with Gasteiger partial charge in [0.2, 0.25) is 0 Å². The normalized spacial score (nSPS) is 20.1. The van der Waals surface area contributed by atoms with E-state index in [2.05, 4.69) is 6.07 Å². The molecule has 5 rings (SSSR count). The summed E-state index contributed by atoms with van der Waals surface area (Å²) < 4.78 is 14.0. The van der Waals surface area contributed by atoms with E-state index in [0.717, 1.165) is 5.56 Å². The molecule has 4 aromatic rings. The van der Waals surface area contributed by atoms with Gasteiger partial charge in [0.1, 0.15) is 11.9 Å². The second-order valence-corrected chi connectivity index (χ2v) is 9.88. The fraction of sp³-hybridized carbons (Fsp3) is 0.152. The smallest absolute Gasteiger partial charge is 0.327 e. The van der Waals surface area contributed by atoms with Crippen LogP contribution in [0, 0.1) is 30.0 Å². The van der Waals surface area contributed by atoms with Crippen LogP contribution in [0.5, 0.6) is 0 Å². The fourth-order valence-electron chi connectivity index (χ4n) is 5.66. The van der Waals surface area contributed by atoms with E-state index in [-0.39, 0.29) is 11.3 Å². The number of ketones is 1. The minimum absolute atomic E-state index is 0.272. The predicted molar refractivity (Wildman–Crippen MR) is 146 cm³/mol. The second kappa shape index (κ2) is 11.0. The van der Waals surface area contributed by atoms with Crippen LogP contribution >= 0.6 is 0 Å². The topological polar surface area (TPSA) is 98.5 Å². The zero-order chi connectivity index (χ0) is 28.4. The van der Waals surface area contributed by atoms with Crippen LogP contribution in [0.25, 0.3) is 0 Å². The molecule has 1 amide bonds. The van der Waals surface area contributed by atoms with Crippen LogP contribution in [0.3, 0.4) is 0 Å². The molecule has 4 aromatic carbocycles. The molecule has 198 valence electrons. The molecule has 1 heterocycles. The predicted octanol–water partition coefficient (Wildman–Crippen LogP) is 5.94.